The van der Waals surface area contributed by atoms with Crippen LogP contribution >= 0.6 is 23.2 Å². The zero-order valence-electron chi connectivity index (χ0n) is 14.3. The fraction of sp³-hybridized carbons (Fsp3) is 0. The lowest BCUT2D eigenvalue weighted by atomic mass is 10.1. The van der Waals surface area contributed by atoms with Gasteiger partial charge in [-0.3, -0.25) is 4.79 Å². The lowest BCUT2D eigenvalue weighted by Crippen LogP contribution is -2.08. The Morgan fingerprint density at radius 1 is 0.964 bits per heavy atom. The van der Waals surface area contributed by atoms with Crippen LogP contribution in [0.1, 0.15) is 26.3 Å². The van der Waals surface area contributed by atoms with Crippen LogP contribution in [0.3, 0.4) is 0 Å². The highest BCUT2D eigenvalue weighted by molar-refractivity contribution is 6.35. The number of halogens is 2. The van der Waals surface area contributed by atoms with E-state index < -0.39 is 5.97 Å². The third kappa shape index (κ3) is 3.65. The molecule has 0 atom stereocenters. The fourth-order valence-corrected chi connectivity index (χ4v) is 3.19. The van der Waals surface area contributed by atoms with Gasteiger partial charge in [-0.1, -0.05) is 47.5 Å². The van der Waals surface area contributed by atoms with Gasteiger partial charge in [-0.25, -0.2) is 4.79 Å². The number of hydrogen-bond acceptors (Lipinski definition) is 4. The summed E-state index contributed by atoms with van der Waals surface area (Å²) in [5.41, 5.74) is 1.42. The van der Waals surface area contributed by atoms with E-state index in [1.807, 2.05) is 6.07 Å². The number of hydrogen-bond donors (Lipinski definition) is 0. The summed E-state index contributed by atoms with van der Waals surface area (Å²) in [5, 5.41) is 0.906. The summed E-state index contributed by atoms with van der Waals surface area (Å²) < 4.78 is 11.0. The normalized spacial score (nSPS) is 13.9. The third-order valence-electron chi connectivity index (χ3n) is 4.11. The van der Waals surface area contributed by atoms with Gasteiger partial charge in [0.15, 0.2) is 5.76 Å². The maximum atomic E-state index is 12.6. The number of esters is 1. The fourth-order valence-electron chi connectivity index (χ4n) is 2.73. The molecule has 0 bridgehead atoms. The third-order valence-corrected chi connectivity index (χ3v) is 4.67. The molecule has 0 N–H and O–H groups in total. The van der Waals surface area contributed by atoms with Gasteiger partial charge in [-0.05, 0) is 48.0 Å². The second kappa shape index (κ2) is 7.50. The van der Waals surface area contributed by atoms with Crippen LogP contribution < -0.4 is 9.47 Å². The first-order valence-corrected chi connectivity index (χ1v) is 9.07. The van der Waals surface area contributed by atoms with Crippen LogP contribution in [-0.2, 0) is 0 Å². The first kappa shape index (κ1) is 18.3. The largest absolute Gasteiger partial charge is 0.452 e. The number of Topliss-reactive ketones (excluding diaryl/α,β-unsaturated/α-hetero) is 1. The molecule has 4 rings (SSSR count). The van der Waals surface area contributed by atoms with Gasteiger partial charge in [0.25, 0.3) is 0 Å². The Hall–Kier alpha value is -3.08. The maximum Gasteiger partial charge on any atom is 0.343 e. The monoisotopic (exact) mass is 410 g/mol. The average Bonchev–Trinajstić information content (AvgIpc) is 2.99. The van der Waals surface area contributed by atoms with Crippen LogP contribution in [-0.4, -0.2) is 11.8 Å². The summed E-state index contributed by atoms with van der Waals surface area (Å²) >= 11 is 12.0. The van der Waals surface area contributed by atoms with Crippen molar-refractivity contribution >= 4 is 41.0 Å². The van der Waals surface area contributed by atoms with Crippen molar-refractivity contribution in [1.29, 1.82) is 0 Å². The molecule has 0 spiro atoms. The van der Waals surface area contributed by atoms with Crippen LogP contribution in [0, 0.1) is 0 Å². The number of ketones is 1. The molecular weight excluding hydrogens is 399 g/mol. The smallest absolute Gasteiger partial charge is 0.343 e. The molecule has 0 unspecified atom stereocenters. The first-order chi connectivity index (χ1) is 13.5. The Kier molecular flexibility index (Phi) is 4.90. The zero-order chi connectivity index (χ0) is 19.7. The molecule has 0 fully saturated rings. The summed E-state index contributed by atoms with van der Waals surface area (Å²) in [6.45, 7) is 0. The molecular formula is C22H12Cl2O4. The molecule has 3 aromatic carbocycles. The van der Waals surface area contributed by atoms with E-state index in [1.54, 1.807) is 60.7 Å². The molecule has 0 radical (unpaired) electrons. The summed E-state index contributed by atoms with van der Waals surface area (Å²) in [5.74, 6) is -0.0350. The van der Waals surface area contributed by atoms with Crippen molar-refractivity contribution in [1.82, 2.24) is 0 Å². The van der Waals surface area contributed by atoms with Gasteiger partial charge in [0.1, 0.15) is 11.5 Å². The van der Waals surface area contributed by atoms with E-state index in [9.17, 15) is 9.59 Å². The van der Waals surface area contributed by atoms with Crippen molar-refractivity contribution < 1.29 is 19.1 Å². The molecule has 3 aromatic rings. The van der Waals surface area contributed by atoms with Crippen LogP contribution in [0.2, 0.25) is 10.0 Å². The zero-order valence-corrected chi connectivity index (χ0v) is 15.8. The van der Waals surface area contributed by atoms with Crippen molar-refractivity contribution in [2.45, 2.75) is 0 Å². The van der Waals surface area contributed by atoms with E-state index in [4.69, 9.17) is 32.7 Å². The summed E-state index contributed by atoms with van der Waals surface area (Å²) in [6, 6.07) is 18.2. The number of carbonyl (C=O) groups is 2. The second-order valence-corrected chi connectivity index (χ2v) is 6.86. The Morgan fingerprint density at radius 3 is 2.50 bits per heavy atom. The van der Waals surface area contributed by atoms with Gasteiger partial charge >= 0.3 is 5.97 Å². The van der Waals surface area contributed by atoms with Gasteiger partial charge in [0, 0.05) is 16.1 Å². The highest BCUT2D eigenvalue weighted by Gasteiger charge is 2.28. The van der Waals surface area contributed by atoms with Gasteiger partial charge in [-0.15, -0.1) is 0 Å². The summed E-state index contributed by atoms with van der Waals surface area (Å²) in [7, 11) is 0. The topological polar surface area (TPSA) is 52.6 Å². The number of ether oxygens (including phenoxy) is 2. The lowest BCUT2D eigenvalue weighted by molar-refractivity contribution is 0.0734. The van der Waals surface area contributed by atoms with Crippen molar-refractivity contribution in [3.63, 3.8) is 0 Å². The van der Waals surface area contributed by atoms with Crippen molar-refractivity contribution in [2.24, 2.45) is 0 Å². The minimum atomic E-state index is -0.492. The first-order valence-electron chi connectivity index (χ1n) is 8.32. The van der Waals surface area contributed by atoms with E-state index in [0.29, 0.717) is 32.5 Å². The highest BCUT2D eigenvalue weighted by Crippen LogP contribution is 2.36. The molecule has 138 valence electrons. The molecule has 0 aromatic heterocycles. The molecule has 0 amide bonds. The molecule has 6 heteroatoms. The predicted molar refractivity (Wildman–Crippen MR) is 107 cm³/mol. The highest BCUT2D eigenvalue weighted by atomic mass is 35.5. The Balaban J connectivity index is 1.57. The molecule has 1 heterocycles. The Morgan fingerprint density at radius 2 is 1.75 bits per heavy atom. The van der Waals surface area contributed by atoms with Crippen LogP contribution in [0.4, 0.5) is 0 Å². The van der Waals surface area contributed by atoms with E-state index in [-0.39, 0.29) is 17.3 Å². The van der Waals surface area contributed by atoms with Crippen molar-refractivity contribution in [2.75, 3.05) is 0 Å². The number of rotatable bonds is 3. The van der Waals surface area contributed by atoms with Gasteiger partial charge in [0.2, 0.25) is 5.78 Å². The second-order valence-electron chi connectivity index (χ2n) is 6.02. The minimum Gasteiger partial charge on any atom is -0.452 e. The molecule has 0 saturated carbocycles. The number of carbonyl (C=O) groups excluding carboxylic acids is 2. The number of benzene rings is 3. The molecule has 1 aliphatic rings. The van der Waals surface area contributed by atoms with E-state index in [1.165, 1.54) is 6.07 Å². The van der Waals surface area contributed by atoms with E-state index in [2.05, 4.69) is 0 Å². The van der Waals surface area contributed by atoms with Gasteiger partial charge in [-0.2, -0.15) is 0 Å². The Labute approximate surface area is 170 Å². The van der Waals surface area contributed by atoms with Crippen LogP contribution in [0.25, 0.3) is 6.08 Å². The summed E-state index contributed by atoms with van der Waals surface area (Å²) in [4.78, 5) is 24.7. The SMILES string of the molecule is O=C(Oc1ccc2c(c1)OC(=Cc1ccc(Cl)cc1Cl)C2=O)c1ccccc1. The molecule has 4 nitrogen and oxygen atoms in total. The Bertz CT molecular complexity index is 1120. The predicted octanol–water partition coefficient (Wildman–Crippen LogP) is 5.83. The van der Waals surface area contributed by atoms with E-state index in [0.717, 1.165) is 0 Å². The van der Waals surface area contributed by atoms with Gasteiger partial charge < -0.3 is 9.47 Å². The minimum absolute atomic E-state index is 0.130. The summed E-state index contributed by atoms with van der Waals surface area (Å²) in [6.07, 6.45) is 1.55. The van der Waals surface area contributed by atoms with Gasteiger partial charge in [0.05, 0.1) is 11.1 Å². The number of allylic oxidation sites excluding steroid dienone is 1. The molecule has 0 saturated heterocycles. The van der Waals surface area contributed by atoms with Crippen molar-refractivity contribution in [3.8, 4) is 11.5 Å². The molecule has 1 aliphatic heterocycles. The van der Waals surface area contributed by atoms with E-state index >= 15 is 0 Å². The lowest BCUT2D eigenvalue weighted by Gasteiger charge is -2.05. The molecule has 0 aliphatic carbocycles. The maximum absolute atomic E-state index is 12.6. The average molecular weight is 411 g/mol. The van der Waals surface area contributed by atoms with Crippen LogP contribution in [0.5, 0.6) is 11.5 Å². The quantitative estimate of drug-likeness (QED) is 0.309. The number of fused-ring (bicyclic) bond motifs is 1. The standard InChI is InChI=1S/C22H12Cl2O4/c23-15-7-6-14(18(24)11-15)10-20-21(25)17-9-8-16(12-19(17)28-20)27-22(26)13-4-2-1-3-5-13/h1-12H. The van der Waals surface area contributed by atoms with Crippen molar-refractivity contribution in [3.05, 3.63) is 99.2 Å². The molecule has 28 heavy (non-hydrogen) atoms. The van der Waals surface area contributed by atoms with Crippen LogP contribution in [0.15, 0.2) is 72.5 Å².